The molecule has 0 aliphatic heterocycles. The molecule has 9 heteroatoms. The van der Waals surface area contributed by atoms with E-state index in [0.29, 0.717) is 0 Å². The van der Waals surface area contributed by atoms with Crippen molar-refractivity contribution in [1.29, 1.82) is 0 Å². The maximum Gasteiger partial charge on any atom is 0.471 e. The molecule has 0 radical (unpaired) electrons. The molecule has 3 aromatic rings. The van der Waals surface area contributed by atoms with E-state index in [-0.39, 0.29) is 17.9 Å². The molecule has 0 bridgehead atoms. The summed E-state index contributed by atoms with van der Waals surface area (Å²) in [7, 11) is 0. The molecule has 0 N–H and O–H groups in total. The zero-order valence-corrected chi connectivity index (χ0v) is 12.5. The van der Waals surface area contributed by atoms with Crippen molar-refractivity contribution in [1.82, 2.24) is 19.7 Å². The maximum atomic E-state index is 12.5. The molecular formula is C16H9F3N4O2. The topological polar surface area (TPSA) is 73.8 Å². The number of rotatable bonds is 2. The Morgan fingerprint density at radius 2 is 1.96 bits per heavy atom. The van der Waals surface area contributed by atoms with Gasteiger partial charge in [-0.2, -0.15) is 18.2 Å². The van der Waals surface area contributed by atoms with E-state index in [1.165, 1.54) is 16.8 Å². The molecule has 0 unspecified atom stereocenters. The fraction of sp³-hybridized carbons (Fsp3) is 0.125. The fourth-order valence-electron chi connectivity index (χ4n) is 1.90. The van der Waals surface area contributed by atoms with Gasteiger partial charge in [0.1, 0.15) is 0 Å². The highest BCUT2D eigenvalue weighted by atomic mass is 19.4. The molecule has 0 atom stereocenters. The zero-order chi connectivity index (χ0) is 17.9. The van der Waals surface area contributed by atoms with Gasteiger partial charge in [0.15, 0.2) is 0 Å². The number of halogens is 3. The smallest absolute Gasteiger partial charge is 0.329 e. The van der Waals surface area contributed by atoms with E-state index in [9.17, 15) is 18.0 Å². The molecule has 3 rings (SSSR count). The summed E-state index contributed by atoms with van der Waals surface area (Å²) in [6.45, 7) is 0.126. The molecule has 0 fully saturated rings. The van der Waals surface area contributed by atoms with Gasteiger partial charge in [0.25, 0.3) is 5.56 Å². The third kappa shape index (κ3) is 3.92. The van der Waals surface area contributed by atoms with Crippen molar-refractivity contribution < 1.29 is 17.7 Å². The standard InChI is InChI=1S/C16H9F3N4O2/c17-16(18,19)15-21-14(22-25-15)12-5-9-23(13(24)10-12)8-1-2-11-3-6-20-7-4-11/h3-7,9-10H,8H2. The number of aromatic nitrogens is 4. The summed E-state index contributed by atoms with van der Waals surface area (Å²) >= 11 is 0. The molecule has 25 heavy (non-hydrogen) atoms. The molecule has 0 spiro atoms. The number of hydrogen-bond donors (Lipinski definition) is 0. The van der Waals surface area contributed by atoms with Crippen molar-refractivity contribution in [2.24, 2.45) is 0 Å². The molecule has 0 saturated carbocycles. The highest BCUT2D eigenvalue weighted by Crippen LogP contribution is 2.28. The van der Waals surface area contributed by atoms with Crippen LogP contribution in [0.4, 0.5) is 13.2 Å². The minimum atomic E-state index is -4.73. The minimum absolute atomic E-state index is 0.126. The van der Waals surface area contributed by atoms with E-state index in [1.807, 2.05) is 0 Å². The van der Waals surface area contributed by atoms with E-state index in [2.05, 4.69) is 31.5 Å². The average molecular weight is 346 g/mol. The van der Waals surface area contributed by atoms with Crippen LogP contribution in [0.3, 0.4) is 0 Å². The third-order valence-electron chi connectivity index (χ3n) is 3.09. The summed E-state index contributed by atoms with van der Waals surface area (Å²) in [6, 6.07) is 6.00. The van der Waals surface area contributed by atoms with Crippen molar-refractivity contribution in [2.45, 2.75) is 12.7 Å². The van der Waals surface area contributed by atoms with Crippen molar-refractivity contribution in [3.63, 3.8) is 0 Å². The lowest BCUT2D eigenvalue weighted by atomic mass is 10.2. The van der Waals surface area contributed by atoms with Gasteiger partial charge >= 0.3 is 12.1 Å². The van der Waals surface area contributed by atoms with Gasteiger partial charge in [0, 0.05) is 35.8 Å². The van der Waals surface area contributed by atoms with Crippen LogP contribution in [0.2, 0.25) is 0 Å². The Kier molecular flexibility index (Phi) is 4.35. The van der Waals surface area contributed by atoms with Gasteiger partial charge in [-0.15, -0.1) is 0 Å². The fourth-order valence-corrected chi connectivity index (χ4v) is 1.90. The van der Waals surface area contributed by atoms with Crippen LogP contribution in [0.25, 0.3) is 11.4 Å². The molecule has 3 aromatic heterocycles. The van der Waals surface area contributed by atoms with E-state index >= 15 is 0 Å². The Morgan fingerprint density at radius 1 is 1.20 bits per heavy atom. The molecule has 0 saturated heterocycles. The predicted octanol–water partition coefficient (Wildman–Crippen LogP) is 2.36. The van der Waals surface area contributed by atoms with E-state index < -0.39 is 17.6 Å². The first-order valence-corrected chi connectivity index (χ1v) is 6.94. The second-order valence-corrected chi connectivity index (χ2v) is 4.84. The average Bonchev–Trinajstić information content (AvgIpc) is 3.08. The minimum Gasteiger partial charge on any atom is -0.329 e. The van der Waals surface area contributed by atoms with Gasteiger partial charge in [0.2, 0.25) is 5.82 Å². The highest BCUT2D eigenvalue weighted by molar-refractivity contribution is 5.52. The first-order chi connectivity index (χ1) is 11.9. The second-order valence-electron chi connectivity index (χ2n) is 4.84. The predicted molar refractivity (Wildman–Crippen MR) is 80.1 cm³/mol. The molecule has 6 nitrogen and oxygen atoms in total. The van der Waals surface area contributed by atoms with E-state index in [4.69, 9.17) is 0 Å². The van der Waals surface area contributed by atoms with Gasteiger partial charge in [-0.1, -0.05) is 17.0 Å². The lowest BCUT2D eigenvalue weighted by Crippen LogP contribution is -2.18. The van der Waals surface area contributed by atoms with Crippen molar-refractivity contribution in [3.8, 4) is 23.2 Å². The maximum absolute atomic E-state index is 12.5. The number of hydrogen-bond acceptors (Lipinski definition) is 5. The molecule has 0 amide bonds. The summed E-state index contributed by atoms with van der Waals surface area (Å²) in [4.78, 5) is 19.1. The first kappa shape index (κ1) is 16.4. The summed E-state index contributed by atoms with van der Waals surface area (Å²) < 4.78 is 42.8. The van der Waals surface area contributed by atoms with Crippen LogP contribution in [0, 0.1) is 11.8 Å². The van der Waals surface area contributed by atoms with Gasteiger partial charge in [-0.05, 0) is 18.2 Å². The Morgan fingerprint density at radius 3 is 2.60 bits per heavy atom. The molecule has 0 aromatic carbocycles. The summed E-state index contributed by atoms with van der Waals surface area (Å²) in [5, 5.41) is 3.24. The molecular weight excluding hydrogens is 337 g/mol. The normalized spacial score (nSPS) is 11.0. The van der Waals surface area contributed by atoms with Crippen molar-refractivity contribution in [3.05, 3.63) is 64.7 Å². The lowest BCUT2D eigenvalue weighted by Gasteiger charge is -2.01. The van der Waals surface area contributed by atoms with Gasteiger partial charge in [-0.25, -0.2) is 0 Å². The molecule has 3 heterocycles. The van der Waals surface area contributed by atoms with Gasteiger partial charge in [0.05, 0.1) is 6.54 Å². The molecule has 126 valence electrons. The summed E-state index contributed by atoms with van der Waals surface area (Å²) in [5.74, 6) is 3.93. The number of alkyl halides is 3. The van der Waals surface area contributed by atoms with Crippen LogP contribution in [0.5, 0.6) is 0 Å². The number of pyridine rings is 2. The van der Waals surface area contributed by atoms with Crippen molar-refractivity contribution >= 4 is 0 Å². The van der Waals surface area contributed by atoms with Crippen LogP contribution in [-0.2, 0) is 12.7 Å². The SMILES string of the molecule is O=c1cc(-c2noc(C(F)(F)F)n2)ccn1CC#Cc1ccncc1. The third-order valence-corrected chi connectivity index (χ3v) is 3.09. The first-order valence-electron chi connectivity index (χ1n) is 6.94. The second kappa shape index (κ2) is 6.60. The van der Waals surface area contributed by atoms with Crippen molar-refractivity contribution in [2.75, 3.05) is 0 Å². The summed E-state index contributed by atoms with van der Waals surface area (Å²) in [5.41, 5.74) is 0.439. The van der Waals surface area contributed by atoms with Crippen LogP contribution in [0.1, 0.15) is 11.5 Å². The van der Waals surface area contributed by atoms with Gasteiger partial charge in [-0.3, -0.25) is 9.78 Å². The Labute approximate surface area is 138 Å². The van der Waals surface area contributed by atoms with Crippen LogP contribution >= 0.6 is 0 Å². The lowest BCUT2D eigenvalue weighted by molar-refractivity contribution is -0.159. The largest absolute Gasteiger partial charge is 0.471 e. The van der Waals surface area contributed by atoms with Crippen LogP contribution < -0.4 is 5.56 Å². The van der Waals surface area contributed by atoms with Crippen LogP contribution in [-0.4, -0.2) is 19.7 Å². The molecule has 0 aliphatic carbocycles. The molecule has 0 aliphatic rings. The monoisotopic (exact) mass is 346 g/mol. The Bertz CT molecular complexity index is 998. The zero-order valence-electron chi connectivity index (χ0n) is 12.5. The quantitative estimate of drug-likeness (QED) is 0.666. The Balaban J connectivity index is 1.79. The van der Waals surface area contributed by atoms with Crippen LogP contribution in [0.15, 0.2) is 52.2 Å². The van der Waals surface area contributed by atoms with Gasteiger partial charge < -0.3 is 9.09 Å². The number of nitrogens with zero attached hydrogens (tertiary/aromatic N) is 4. The van der Waals surface area contributed by atoms with E-state index in [1.54, 1.807) is 24.5 Å². The summed E-state index contributed by atoms with van der Waals surface area (Å²) in [6.07, 6.45) is -0.124. The highest BCUT2D eigenvalue weighted by Gasteiger charge is 2.38. The van der Waals surface area contributed by atoms with E-state index in [0.717, 1.165) is 11.6 Å². The Hall–Kier alpha value is -3.41.